The molecule has 2 heterocycles. The van der Waals surface area contributed by atoms with Crippen molar-refractivity contribution in [2.45, 2.75) is 25.5 Å². The van der Waals surface area contributed by atoms with Crippen molar-refractivity contribution >= 4 is 33.3 Å². The zero-order chi connectivity index (χ0) is 13.0. The summed E-state index contributed by atoms with van der Waals surface area (Å²) in [5, 5.41) is 2.70. The van der Waals surface area contributed by atoms with Gasteiger partial charge in [-0.2, -0.15) is 0 Å². The summed E-state index contributed by atoms with van der Waals surface area (Å²) in [6.45, 7) is 5.99. The van der Waals surface area contributed by atoms with Gasteiger partial charge in [0, 0.05) is 18.9 Å². The van der Waals surface area contributed by atoms with Gasteiger partial charge in [0.1, 0.15) is 4.70 Å². The Bertz CT molecular complexity index is 577. The first-order chi connectivity index (χ1) is 8.77. The van der Waals surface area contributed by atoms with E-state index in [4.69, 9.17) is 4.74 Å². The zero-order valence-corrected chi connectivity index (χ0v) is 12.1. The van der Waals surface area contributed by atoms with Crippen LogP contribution in [0.1, 0.15) is 13.8 Å². The fourth-order valence-corrected chi connectivity index (χ4v) is 3.34. The molecule has 6 heteroatoms. The quantitative estimate of drug-likeness (QED) is 0.464. The number of nitrogens with zero attached hydrogens (tertiary/aromatic N) is 2. The Balaban J connectivity index is 2.27. The van der Waals surface area contributed by atoms with Gasteiger partial charge in [-0.15, -0.1) is 11.3 Å². The predicted octanol–water partition coefficient (Wildman–Crippen LogP) is 2.61. The molecule has 18 heavy (non-hydrogen) atoms. The van der Waals surface area contributed by atoms with Crippen molar-refractivity contribution in [1.29, 1.82) is 0 Å². The Morgan fingerprint density at radius 2 is 2.33 bits per heavy atom. The van der Waals surface area contributed by atoms with E-state index in [-0.39, 0.29) is 5.56 Å². The van der Waals surface area contributed by atoms with Crippen LogP contribution in [-0.2, 0) is 11.3 Å². The van der Waals surface area contributed by atoms with E-state index in [1.807, 2.05) is 25.3 Å². The van der Waals surface area contributed by atoms with Crippen LogP contribution in [0.5, 0.6) is 0 Å². The summed E-state index contributed by atoms with van der Waals surface area (Å²) in [5.74, 6) is 0.815. The third-order valence-electron chi connectivity index (χ3n) is 2.51. The van der Waals surface area contributed by atoms with Gasteiger partial charge in [-0.25, -0.2) is 4.98 Å². The lowest BCUT2D eigenvalue weighted by Gasteiger charge is -2.09. The molecule has 2 aromatic rings. The Morgan fingerprint density at radius 3 is 3.06 bits per heavy atom. The largest absolute Gasteiger partial charge is 0.381 e. The topological polar surface area (TPSA) is 44.1 Å². The van der Waals surface area contributed by atoms with Crippen LogP contribution in [0.3, 0.4) is 0 Å². The molecule has 2 rings (SSSR count). The van der Waals surface area contributed by atoms with Crippen molar-refractivity contribution in [3.8, 4) is 0 Å². The number of hydrogen-bond donors (Lipinski definition) is 0. The molecule has 0 aliphatic carbocycles. The average molecular weight is 284 g/mol. The molecule has 98 valence electrons. The predicted molar refractivity (Wildman–Crippen MR) is 76.8 cm³/mol. The zero-order valence-electron chi connectivity index (χ0n) is 10.5. The summed E-state index contributed by atoms with van der Waals surface area (Å²) in [5.41, 5.74) is 0.866. The van der Waals surface area contributed by atoms with Crippen LogP contribution in [0.15, 0.2) is 21.4 Å². The van der Waals surface area contributed by atoms with E-state index in [1.165, 1.54) is 11.3 Å². The lowest BCUT2D eigenvalue weighted by atomic mass is 10.5. The van der Waals surface area contributed by atoms with Crippen molar-refractivity contribution in [2.24, 2.45) is 0 Å². The van der Waals surface area contributed by atoms with Crippen LogP contribution in [0.2, 0.25) is 0 Å². The van der Waals surface area contributed by atoms with Gasteiger partial charge >= 0.3 is 0 Å². The average Bonchev–Trinajstić information content (AvgIpc) is 2.83. The molecule has 0 saturated heterocycles. The third-order valence-corrected chi connectivity index (χ3v) is 4.34. The highest BCUT2D eigenvalue weighted by Gasteiger charge is 2.10. The van der Waals surface area contributed by atoms with Gasteiger partial charge in [-0.05, 0) is 25.3 Å². The molecule has 0 N–H and O–H groups in total. The summed E-state index contributed by atoms with van der Waals surface area (Å²) < 4.78 is 7.77. The smallest absolute Gasteiger partial charge is 0.272 e. The first-order valence-corrected chi connectivity index (χ1v) is 7.83. The van der Waals surface area contributed by atoms with E-state index in [1.54, 1.807) is 16.3 Å². The highest BCUT2D eigenvalue weighted by molar-refractivity contribution is 7.99. The van der Waals surface area contributed by atoms with E-state index in [2.05, 4.69) is 4.98 Å². The molecule has 0 atom stereocenters. The molecule has 0 bridgehead atoms. The van der Waals surface area contributed by atoms with Crippen LogP contribution in [0.25, 0.3) is 10.2 Å². The van der Waals surface area contributed by atoms with Crippen molar-refractivity contribution < 1.29 is 4.74 Å². The molecule has 0 saturated carbocycles. The molecular formula is C12H16N2O2S2. The summed E-state index contributed by atoms with van der Waals surface area (Å²) in [7, 11) is 0. The first kappa shape index (κ1) is 13.6. The molecule has 0 amide bonds. The van der Waals surface area contributed by atoms with Gasteiger partial charge in [0.05, 0.1) is 12.1 Å². The highest BCUT2D eigenvalue weighted by atomic mass is 32.2. The Kier molecular flexibility index (Phi) is 4.79. The SMILES string of the molecule is CCOCCSc1nc2ccsc2c(=O)n1CC. The fourth-order valence-electron chi connectivity index (χ4n) is 1.65. The monoisotopic (exact) mass is 284 g/mol. The second kappa shape index (κ2) is 6.36. The Morgan fingerprint density at radius 1 is 1.50 bits per heavy atom. The lowest BCUT2D eigenvalue weighted by molar-refractivity contribution is 0.164. The van der Waals surface area contributed by atoms with E-state index in [0.717, 1.165) is 27.7 Å². The minimum absolute atomic E-state index is 0.0661. The molecule has 0 unspecified atom stereocenters. The van der Waals surface area contributed by atoms with Gasteiger partial charge in [0.2, 0.25) is 0 Å². The number of rotatable bonds is 6. The fraction of sp³-hybridized carbons (Fsp3) is 0.500. The maximum Gasteiger partial charge on any atom is 0.272 e. The molecule has 2 aromatic heterocycles. The maximum absolute atomic E-state index is 12.2. The van der Waals surface area contributed by atoms with Crippen molar-refractivity contribution in [3.05, 3.63) is 21.8 Å². The van der Waals surface area contributed by atoms with E-state index < -0.39 is 0 Å². The van der Waals surface area contributed by atoms with Crippen LogP contribution in [0, 0.1) is 0 Å². The summed E-state index contributed by atoms with van der Waals surface area (Å²) in [4.78, 5) is 16.8. The highest BCUT2D eigenvalue weighted by Crippen LogP contribution is 2.20. The molecule has 0 radical (unpaired) electrons. The van der Waals surface area contributed by atoms with E-state index >= 15 is 0 Å². The van der Waals surface area contributed by atoms with Crippen molar-refractivity contribution in [3.63, 3.8) is 0 Å². The third kappa shape index (κ3) is 2.76. The normalized spacial score (nSPS) is 11.2. The summed E-state index contributed by atoms with van der Waals surface area (Å²) in [6.07, 6.45) is 0. The maximum atomic E-state index is 12.2. The summed E-state index contributed by atoms with van der Waals surface area (Å²) >= 11 is 3.03. The number of thioether (sulfide) groups is 1. The number of fused-ring (bicyclic) bond motifs is 1. The van der Waals surface area contributed by atoms with Crippen LogP contribution < -0.4 is 5.56 Å². The number of aromatic nitrogens is 2. The Hall–Kier alpha value is -0.850. The Labute approximate surface area is 114 Å². The van der Waals surface area contributed by atoms with Gasteiger partial charge in [0.25, 0.3) is 5.56 Å². The number of ether oxygens (including phenoxy) is 1. The second-order valence-electron chi connectivity index (χ2n) is 3.62. The molecule has 0 aromatic carbocycles. The van der Waals surface area contributed by atoms with Crippen LogP contribution in [0.4, 0.5) is 0 Å². The number of thiophene rings is 1. The van der Waals surface area contributed by atoms with E-state index in [9.17, 15) is 4.79 Å². The van der Waals surface area contributed by atoms with Crippen molar-refractivity contribution in [1.82, 2.24) is 9.55 Å². The molecule has 0 aliphatic rings. The van der Waals surface area contributed by atoms with E-state index in [0.29, 0.717) is 13.2 Å². The molecule has 4 nitrogen and oxygen atoms in total. The van der Waals surface area contributed by atoms with Gasteiger partial charge in [0.15, 0.2) is 5.16 Å². The van der Waals surface area contributed by atoms with Crippen LogP contribution in [-0.4, -0.2) is 28.5 Å². The van der Waals surface area contributed by atoms with Gasteiger partial charge in [-0.1, -0.05) is 11.8 Å². The standard InChI is InChI=1S/C12H16N2O2S2/c1-3-14-11(15)10-9(5-7-17-10)13-12(14)18-8-6-16-4-2/h5,7H,3-4,6,8H2,1-2H3. The van der Waals surface area contributed by atoms with Gasteiger partial charge < -0.3 is 4.74 Å². The van der Waals surface area contributed by atoms with Crippen molar-refractivity contribution in [2.75, 3.05) is 19.0 Å². The number of hydrogen-bond acceptors (Lipinski definition) is 5. The molecule has 0 fully saturated rings. The summed E-state index contributed by atoms with van der Waals surface area (Å²) in [6, 6.07) is 1.90. The van der Waals surface area contributed by atoms with Crippen LogP contribution >= 0.6 is 23.1 Å². The minimum Gasteiger partial charge on any atom is -0.381 e. The molecule has 0 aliphatic heterocycles. The first-order valence-electron chi connectivity index (χ1n) is 5.96. The minimum atomic E-state index is 0.0661. The molecule has 0 spiro atoms. The van der Waals surface area contributed by atoms with Gasteiger partial charge in [-0.3, -0.25) is 9.36 Å². The molecular weight excluding hydrogens is 268 g/mol. The second-order valence-corrected chi connectivity index (χ2v) is 5.60. The lowest BCUT2D eigenvalue weighted by Crippen LogP contribution is -2.21.